The first-order valence-electron chi connectivity index (χ1n) is 12.0. The monoisotopic (exact) mass is 759 g/mol. The average molecular weight is 760 g/mol. The number of aromatic nitrogens is 2. The molecular formula is C25H17ClFKN5NaO10S3+2. The van der Waals surface area contributed by atoms with Crippen LogP contribution in [0.3, 0.4) is 0 Å². The Morgan fingerprint density at radius 3 is 2.06 bits per heavy atom. The van der Waals surface area contributed by atoms with Gasteiger partial charge in [-0.25, -0.2) is 4.98 Å². The number of aromatic hydroxyl groups is 1. The second kappa shape index (κ2) is 14.6. The van der Waals surface area contributed by atoms with E-state index in [9.17, 15) is 48.4 Å². The molecule has 0 radical (unpaired) electrons. The van der Waals surface area contributed by atoms with Gasteiger partial charge in [-0.05, 0) is 48.7 Å². The number of benzene rings is 4. The maximum Gasteiger partial charge on any atom is 1.00 e. The minimum atomic E-state index is -5.16. The molecule has 0 atom stereocenters. The molecule has 4 aromatic carbocycles. The Bertz CT molecular complexity index is 2460. The SMILES string of the molecule is Cc1nc(F)nc(Nc2ccc3c(O)c(N=Nc4ccc5c(S(=O)(=O)O)cccc5c4S(=O)(=O)O)c(S(=O)(=O)O)cc3c2)c1Cl.[K+].[Na+]. The Labute approximate surface area is 335 Å². The molecule has 0 spiro atoms. The summed E-state index contributed by atoms with van der Waals surface area (Å²) in [6, 6.07) is 10.1. The third-order valence-electron chi connectivity index (χ3n) is 6.33. The summed E-state index contributed by atoms with van der Waals surface area (Å²) in [5.74, 6) is -0.931. The third-order valence-corrected chi connectivity index (χ3v) is 9.50. The van der Waals surface area contributed by atoms with Crippen molar-refractivity contribution in [2.24, 2.45) is 10.2 Å². The number of phenols is 1. The first kappa shape index (κ1) is 39.7. The summed E-state index contributed by atoms with van der Waals surface area (Å²) < 4.78 is 116. The van der Waals surface area contributed by atoms with Crippen molar-refractivity contribution >= 4 is 86.4 Å². The van der Waals surface area contributed by atoms with Crippen LogP contribution < -0.4 is 86.3 Å². The Morgan fingerprint density at radius 1 is 0.809 bits per heavy atom. The van der Waals surface area contributed by atoms with Crippen LogP contribution in [0.25, 0.3) is 21.5 Å². The summed E-state index contributed by atoms with van der Waals surface area (Å²) >= 11 is 6.13. The molecule has 0 saturated carbocycles. The van der Waals surface area contributed by atoms with Gasteiger partial charge in [0.2, 0.25) is 0 Å². The number of anilines is 2. The molecule has 0 unspecified atom stereocenters. The van der Waals surface area contributed by atoms with Gasteiger partial charge in [0.1, 0.15) is 31.1 Å². The third kappa shape index (κ3) is 8.36. The molecule has 0 bridgehead atoms. The van der Waals surface area contributed by atoms with E-state index in [4.69, 9.17) is 11.6 Å². The molecule has 0 aliphatic rings. The fourth-order valence-electron chi connectivity index (χ4n) is 4.44. The van der Waals surface area contributed by atoms with Crippen LogP contribution in [0.5, 0.6) is 5.75 Å². The van der Waals surface area contributed by atoms with Crippen molar-refractivity contribution in [1.82, 2.24) is 9.97 Å². The molecule has 15 nitrogen and oxygen atoms in total. The number of hydrogen-bond acceptors (Lipinski definition) is 12. The Balaban J connectivity index is 0.00000300. The van der Waals surface area contributed by atoms with Gasteiger partial charge >= 0.3 is 87.0 Å². The Morgan fingerprint density at radius 2 is 1.45 bits per heavy atom. The number of phenolic OH excluding ortho intramolecular Hbond substituents is 1. The normalized spacial score (nSPS) is 12.2. The summed E-state index contributed by atoms with van der Waals surface area (Å²) in [5, 5.41) is 20.4. The zero-order valence-electron chi connectivity index (χ0n) is 24.2. The van der Waals surface area contributed by atoms with Crippen LogP contribution >= 0.6 is 11.6 Å². The van der Waals surface area contributed by atoms with Crippen LogP contribution in [0.2, 0.25) is 5.02 Å². The summed E-state index contributed by atoms with van der Waals surface area (Å²) in [7, 11) is -15.1. The van der Waals surface area contributed by atoms with E-state index in [0.717, 1.165) is 36.4 Å². The molecule has 234 valence electrons. The fourth-order valence-corrected chi connectivity index (χ4v) is 6.76. The topological polar surface area (TPSA) is 246 Å². The molecule has 0 saturated heterocycles. The van der Waals surface area contributed by atoms with E-state index in [-0.39, 0.29) is 125 Å². The van der Waals surface area contributed by atoms with Crippen LogP contribution in [0.4, 0.5) is 27.3 Å². The van der Waals surface area contributed by atoms with Crippen molar-refractivity contribution in [3.05, 3.63) is 71.4 Å². The number of rotatable bonds is 7. The van der Waals surface area contributed by atoms with Gasteiger partial charge in [-0.1, -0.05) is 29.8 Å². The van der Waals surface area contributed by atoms with Gasteiger partial charge in [-0.15, -0.1) is 10.2 Å². The van der Waals surface area contributed by atoms with Gasteiger partial charge in [0.25, 0.3) is 30.4 Å². The maximum absolute atomic E-state index is 13.7. The number of halogens is 2. The summed E-state index contributed by atoms with van der Waals surface area (Å²) in [6.45, 7) is 1.44. The quantitative estimate of drug-likeness (QED) is 0.0609. The van der Waals surface area contributed by atoms with Crippen LogP contribution in [-0.2, 0) is 30.4 Å². The van der Waals surface area contributed by atoms with Crippen molar-refractivity contribution in [3.8, 4) is 5.75 Å². The summed E-state index contributed by atoms with van der Waals surface area (Å²) in [4.78, 5) is 4.48. The molecule has 0 fully saturated rings. The van der Waals surface area contributed by atoms with Crippen molar-refractivity contribution in [3.63, 3.8) is 0 Å². The predicted molar refractivity (Wildman–Crippen MR) is 158 cm³/mol. The predicted octanol–water partition coefficient (Wildman–Crippen LogP) is -0.503. The molecule has 0 amide bonds. The molecule has 0 aliphatic carbocycles. The van der Waals surface area contributed by atoms with Gasteiger partial charge in [0, 0.05) is 21.8 Å². The second-order valence-corrected chi connectivity index (χ2v) is 13.8. The number of fused-ring (bicyclic) bond motifs is 2. The zero-order chi connectivity index (χ0) is 33.1. The average Bonchev–Trinajstić information content (AvgIpc) is 2.92. The standard InChI is InChI=1S/C25H17ClFN5O10S3.K.Na/c1-11-20(26)24(30-25(27)28-11)29-13-5-6-14-12(9-13)10-19(44(37,38)39)21(22(14)33)32-31-17-8-7-15-16(23(17)45(40,41)42)3-2-4-18(15)43(34,35)36;;/h2-10,33H,1H3,(H,28,29,30)(H,34,35,36)(H,37,38,39)(H,40,41,42);;/q;2*+1. The van der Waals surface area contributed by atoms with Crippen LogP contribution in [0, 0.1) is 13.0 Å². The molecule has 5 aromatic rings. The van der Waals surface area contributed by atoms with Crippen LogP contribution in [-0.4, -0.2) is 54.0 Å². The van der Waals surface area contributed by atoms with E-state index < -0.39 is 68.2 Å². The van der Waals surface area contributed by atoms with Gasteiger partial charge in [-0.2, -0.15) is 34.6 Å². The van der Waals surface area contributed by atoms with Gasteiger partial charge in [-0.3, -0.25) is 13.7 Å². The van der Waals surface area contributed by atoms with E-state index in [1.54, 1.807) is 0 Å². The van der Waals surface area contributed by atoms with Crippen molar-refractivity contribution in [2.75, 3.05) is 5.32 Å². The van der Waals surface area contributed by atoms with Crippen molar-refractivity contribution in [1.29, 1.82) is 0 Å². The molecule has 0 aliphatic heterocycles. The fraction of sp³-hybridized carbons (Fsp3) is 0.0400. The molecule has 1 aromatic heterocycles. The smallest absolute Gasteiger partial charge is 0.505 e. The Hall–Kier alpha value is -1.73. The summed E-state index contributed by atoms with van der Waals surface area (Å²) in [6.07, 6.45) is -1.07. The largest absolute Gasteiger partial charge is 1.00 e. The molecule has 22 heteroatoms. The number of hydrogen-bond donors (Lipinski definition) is 5. The number of azo groups is 1. The van der Waals surface area contributed by atoms with E-state index in [1.165, 1.54) is 25.1 Å². The zero-order valence-corrected chi connectivity index (χ0v) is 32.5. The molecular weight excluding hydrogens is 743 g/mol. The Kier molecular flexibility index (Phi) is 12.4. The minimum Gasteiger partial charge on any atom is -0.505 e. The molecule has 5 N–H and O–H groups in total. The van der Waals surface area contributed by atoms with Crippen LogP contribution in [0.15, 0.2) is 79.5 Å². The van der Waals surface area contributed by atoms with E-state index in [2.05, 4.69) is 25.5 Å². The molecule has 5 rings (SSSR count). The van der Waals surface area contributed by atoms with Crippen LogP contribution in [0.1, 0.15) is 5.69 Å². The minimum absolute atomic E-state index is 0. The second-order valence-electron chi connectivity index (χ2n) is 9.26. The first-order chi connectivity index (χ1) is 20.9. The van der Waals surface area contributed by atoms with Crippen molar-refractivity contribution in [2.45, 2.75) is 21.6 Å². The van der Waals surface area contributed by atoms with E-state index >= 15 is 0 Å². The maximum atomic E-state index is 13.7. The van der Waals surface area contributed by atoms with E-state index in [0.29, 0.717) is 0 Å². The summed E-state index contributed by atoms with van der Waals surface area (Å²) in [5.41, 5.74) is -1.11. The molecule has 1 heterocycles. The number of aryl methyl sites for hydroxylation is 1. The van der Waals surface area contributed by atoms with Gasteiger partial charge < -0.3 is 10.4 Å². The van der Waals surface area contributed by atoms with Gasteiger partial charge in [0.05, 0.1) is 5.69 Å². The first-order valence-corrected chi connectivity index (χ1v) is 16.7. The number of nitrogens with one attached hydrogen (secondary N) is 1. The van der Waals surface area contributed by atoms with Crippen molar-refractivity contribution < 1.29 is 129 Å². The number of nitrogens with zero attached hydrogens (tertiary/aromatic N) is 4. The molecule has 47 heavy (non-hydrogen) atoms. The van der Waals surface area contributed by atoms with Gasteiger partial charge in [0.15, 0.2) is 11.6 Å². The van der Waals surface area contributed by atoms with E-state index in [1.807, 2.05) is 0 Å².